The summed E-state index contributed by atoms with van der Waals surface area (Å²) < 4.78 is 0. The van der Waals surface area contributed by atoms with Crippen LogP contribution in [0.5, 0.6) is 0 Å². The van der Waals surface area contributed by atoms with Gasteiger partial charge in [0, 0.05) is 6.54 Å². The highest BCUT2D eigenvalue weighted by molar-refractivity contribution is 4.47. The molecule has 0 aliphatic carbocycles. The lowest BCUT2D eigenvalue weighted by Crippen LogP contribution is -2.22. The fourth-order valence-corrected chi connectivity index (χ4v) is 1.26. The Morgan fingerprint density at radius 3 is 1.75 bits per heavy atom. The number of rotatable bonds is 9. The van der Waals surface area contributed by atoms with Gasteiger partial charge in [-0.05, 0) is 19.4 Å². The summed E-state index contributed by atoms with van der Waals surface area (Å²) in [6.45, 7) is 1.79. The zero-order chi connectivity index (χ0) is 9.07. The average Bonchev–Trinajstić information content (AvgIpc) is 2.10. The molecule has 12 heavy (non-hydrogen) atoms. The number of nitrogens with one attached hydrogen (secondary N) is 1. The Bertz CT molecular complexity index is 66.2. The van der Waals surface area contributed by atoms with Crippen LogP contribution >= 0.6 is 0 Å². The Balaban J connectivity index is 2.73. The first-order chi connectivity index (χ1) is 5.91. The first-order valence-electron chi connectivity index (χ1n) is 5.05. The van der Waals surface area contributed by atoms with Gasteiger partial charge in [0.2, 0.25) is 0 Å². The minimum absolute atomic E-state index is 0.844. The van der Waals surface area contributed by atoms with E-state index in [1.165, 1.54) is 44.9 Å². The highest BCUT2D eigenvalue weighted by atomic mass is 15.2. The molecule has 0 aromatic rings. The molecule has 3 nitrogen and oxygen atoms in total. The minimum atomic E-state index is 0.844. The Morgan fingerprint density at radius 2 is 1.25 bits per heavy atom. The summed E-state index contributed by atoms with van der Waals surface area (Å²) in [4.78, 5) is 0. The first-order valence-corrected chi connectivity index (χ1v) is 5.05. The summed E-state index contributed by atoms with van der Waals surface area (Å²) in [6, 6.07) is 0. The predicted octanol–water partition coefficient (Wildman–Crippen LogP) is 1.14. The maximum atomic E-state index is 5.39. The van der Waals surface area contributed by atoms with Crippen LogP contribution in [0.3, 0.4) is 0 Å². The maximum Gasteiger partial charge on any atom is 0.00974 e. The lowest BCUT2D eigenvalue weighted by atomic mass is 10.1. The van der Waals surface area contributed by atoms with Gasteiger partial charge >= 0.3 is 0 Å². The van der Waals surface area contributed by atoms with Gasteiger partial charge in [0.05, 0.1) is 0 Å². The van der Waals surface area contributed by atoms with Crippen LogP contribution in [0, 0.1) is 0 Å². The van der Waals surface area contributed by atoms with Crippen molar-refractivity contribution in [2.75, 3.05) is 13.1 Å². The fourth-order valence-electron chi connectivity index (χ4n) is 1.26. The van der Waals surface area contributed by atoms with Crippen LogP contribution in [-0.4, -0.2) is 13.1 Å². The maximum absolute atomic E-state index is 5.39. The van der Waals surface area contributed by atoms with E-state index < -0.39 is 0 Å². The number of hydrogen-bond acceptors (Lipinski definition) is 3. The van der Waals surface area contributed by atoms with Crippen molar-refractivity contribution < 1.29 is 0 Å². The van der Waals surface area contributed by atoms with Gasteiger partial charge in [-0.2, -0.15) is 0 Å². The smallest absolute Gasteiger partial charge is 0.00974 e. The second kappa shape index (κ2) is 10.9. The first kappa shape index (κ1) is 11.9. The lowest BCUT2D eigenvalue weighted by Gasteiger charge is -2.00. The molecule has 0 aliphatic rings. The van der Waals surface area contributed by atoms with Crippen molar-refractivity contribution in [1.82, 2.24) is 5.43 Å². The van der Waals surface area contributed by atoms with Crippen molar-refractivity contribution >= 4 is 0 Å². The van der Waals surface area contributed by atoms with Gasteiger partial charge in [-0.1, -0.05) is 32.1 Å². The number of nitrogens with two attached hydrogens (primary N) is 2. The molecular weight excluding hydrogens is 150 g/mol. The monoisotopic (exact) mass is 173 g/mol. The van der Waals surface area contributed by atoms with E-state index in [2.05, 4.69) is 5.43 Å². The number of hydrogen-bond donors (Lipinski definition) is 3. The van der Waals surface area contributed by atoms with Gasteiger partial charge < -0.3 is 5.73 Å². The van der Waals surface area contributed by atoms with Crippen molar-refractivity contribution in [2.24, 2.45) is 11.6 Å². The van der Waals surface area contributed by atoms with E-state index in [4.69, 9.17) is 11.6 Å². The molecule has 0 radical (unpaired) electrons. The molecule has 0 saturated carbocycles. The summed E-state index contributed by atoms with van der Waals surface area (Å²) in [6.07, 6.45) is 9.01. The van der Waals surface area contributed by atoms with Crippen LogP contribution in [-0.2, 0) is 0 Å². The third-order valence-electron chi connectivity index (χ3n) is 2.03. The van der Waals surface area contributed by atoms with Crippen LogP contribution in [0.2, 0.25) is 0 Å². The van der Waals surface area contributed by atoms with Crippen molar-refractivity contribution in [2.45, 2.75) is 44.9 Å². The normalized spacial score (nSPS) is 10.5. The SMILES string of the molecule is NCCCCCCCCCNN. The van der Waals surface area contributed by atoms with Crippen molar-refractivity contribution in [3.63, 3.8) is 0 Å². The van der Waals surface area contributed by atoms with Gasteiger partial charge in [-0.25, -0.2) is 0 Å². The van der Waals surface area contributed by atoms with Crippen molar-refractivity contribution in [3.05, 3.63) is 0 Å². The second-order valence-electron chi connectivity index (χ2n) is 3.22. The highest BCUT2D eigenvalue weighted by Gasteiger charge is 1.89. The second-order valence-corrected chi connectivity index (χ2v) is 3.22. The summed E-state index contributed by atoms with van der Waals surface area (Å²) in [5.41, 5.74) is 8.05. The molecule has 0 amide bonds. The summed E-state index contributed by atoms with van der Waals surface area (Å²) in [5, 5.41) is 0. The third kappa shape index (κ3) is 9.88. The topological polar surface area (TPSA) is 64.1 Å². The van der Waals surface area contributed by atoms with E-state index >= 15 is 0 Å². The largest absolute Gasteiger partial charge is 0.330 e. The number of unbranched alkanes of at least 4 members (excludes halogenated alkanes) is 6. The summed E-state index contributed by atoms with van der Waals surface area (Å²) in [5.74, 6) is 5.15. The van der Waals surface area contributed by atoms with E-state index in [1.54, 1.807) is 0 Å². The van der Waals surface area contributed by atoms with Crippen LogP contribution < -0.4 is 17.0 Å². The fraction of sp³-hybridized carbons (Fsp3) is 1.00. The highest BCUT2D eigenvalue weighted by Crippen LogP contribution is 2.05. The van der Waals surface area contributed by atoms with E-state index in [9.17, 15) is 0 Å². The molecule has 0 aromatic carbocycles. The van der Waals surface area contributed by atoms with Crippen LogP contribution in [0.25, 0.3) is 0 Å². The average molecular weight is 173 g/mol. The van der Waals surface area contributed by atoms with Crippen LogP contribution in [0.1, 0.15) is 44.9 Å². The molecule has 0 heterocycles. The Morgan fingerprint density at radius 1 is 0.750 bits per heavy atom. The Hall–Kier alpha value is -0.120. The zero-order valence-corrected chi connectivity index (χ0v) is 8.02. The Labute approximate surface area is 75.9 Å². The molecule has 0 fully saturated rings. The molecule has 0 spiro atoms. The van der Waals surface area contributed by atoms with E-state index in [0.717, 1.165) is 13.1 Å². The van der Waals surface area contributed by atoms with Gasteiger partial charge in [-0.15, -0.1) is 0 Å². The standard InChI is InChI=1S/C9H23N3/c10-8-6-4-2-1-3-5-7-9-12-11/h12H,1-11H2. The van der Waals surface area contributed by atoms with E-state index in [1.807, 2.05) is 0 Å². The molecule has 0 atom stereocenters. The summed E-state index contributed by atoms with van der Waals surface area (Å²) >= 11 is 0. The molecule has 0 aromatic heterocycles. The van der Waals surface area contributed by atoms with Crippen molar-refractivity contribution in [3.8, 4) is 0 Å². The van der Waals surface area contributed by atoms with E-state index in [-0.39, 0.29) is 0 Å². The molecule has 74 valence electrons. The number of hydrazine groups is 1. The Kier molecular flexibility index (Phi) is 10.8. The summed E-state index contributed by atoms with van der Waals surface area (Å²) in [7, 11) is 0. The molecule has 0 rings (SSSR count). The van der Waals surface area contributed by atoms with Gasteiger partial charge in [0.15, 0.2) is 0 Å². The molecule has 3 heteroatoms. The van der Waals surface area contributed by atoms with Gasteiger partial charge in [0.1, 0.15) is 0 Å². The molecule has 0 unspecified atom stereocenters. The lowest BCUT2D eigenvalue weighted by molar-refractivity contribution is 0.565. The zero-order valence-electron chi connectivity index (χ0n) is 8.02. The molecular formula is C9H23N3. The molecule has 0 aliphatic heterocycles. The quantitative estimate of drug-likeness (QED) is 0.278. The van der Waals surface area contributed by atoms with Crippen LogP contribution in [0.4, 0.5) is 0 Å². The van der Waals surface area contributed by atoms with Crippen molar-refractivity contribution in [1.29, 1.82) is 0 Å². The van der Waals surface area contributed by atoms with Crippen LogP contribution in [0.15, 0.2) is 0 Å². The molecule has 0 bridgehead atoms. The molecule has 5 N–H and O–H groups in total. The minimum Gasteiger partial charge on any atom is -0.330 e. The van der Waals surface area contributed by atoms with Gasteiger partial charge in [-0.3, -0.25) is 11.3 Å². The van der Waals surface area contributed by atoms with Gasteiger partial charge in [0.25, 0.3) is 0 Å². The third-order valence-corrected chi connectivity index (χ3v) is 2.03. The molecule has 0 saturated heterocycles. The predicted molar refractivity (Wildman–Crippen MR) is 53.6 cm³/mol. The van der Waals surface area contributed by atoms with E-state index in [0.29, 0.717) is 0 Å².